The number of benzene rings is 1. The van der Waals surface area contributed by atoms with Crippen LogP contribution in [0.3, 0.4) is 0 Å². The van der Waals surface area contributed by atoms with E-state index in [9.17, 15) is 19.5 Å². The van der Waals surface area contributed by atoms with E-state index in [4.69, 9.17) is 11.6 Å². The summed E-state index contributed by atoms with van der Waals surface area (Å²) in [6.07, 6.45) is 0.765. The molecular formula is C24H32ClN3O4S. The summed E-state index contributed by atoms with van der Waals surface area (Å²) in [6, 6.07) is 4.06. The molecule has 3 aliphatic heterocycles. The van der Waals surface area contributed by atoms with Crippen molar-refractivity contribution < 1.29 is 19.5 Å². The molecule has 0 aliphatic carbocycles. The Hall–Kier alpha value is -1.77. The number of carbonyl (C=O) groups is 3. The molecule has 3 heterocycles. The molecule has 3 N–H and O–H groups in total. The third-order valence-electron chi connectivity index (χ3n) is 7.76. The molecule has 1 aromatic rings. The Morgan fingerprint density at radius 2 is 2.03 bits per heavy atom. The van der Waals surface area contributed by atoms with Crippen molar-refractivity contribution in [2.75, 3.05) is 19.0 Å². The zero-order chi connectivity index (χ0) is 24.2. The summed E-state index contributed by atoms with van der Waals surface area (Å²) in [5, 5.41) is 16.4. The standard InChI is InChI=1S/C24H32ClN3O4S/c1-11(2)15(10-29)28-20(22(31)27-19-12(3)7-6-8-14(19)25)24-13(4)9-16(33-24)17(21(30)26-5)18(24)23(28)32/h6-8,11,13,15-18,20,29H,9-10H2,1-5H3,(H,26,30)(H,27,31)/t13?,15-,16+,17-,18-,20?,24?/m0/s1. The normalized spacial score (nSPS) is 33.4. The molecule has 1 aromatic carbocycles. The minimum absolute atomic E-state index is 0.0139. The summed E-state index contributed by atoms with van der Waals surface area (Å²) in [6.45, 7) is 7.54. The van der Waals surface area contributed by atoms with Gasteiger partial charge in [-0.05, 0) is 36.8 Å². The molecule has 0 radical (unpaired) electrons. The van der Waals surface area contributed by atoms with E-state index in [1.54, 1.807) is 29.8 Å². The lowest BCUT2D eigenvalue weighted by molar-refractivity contribution is -0.142. The number of fused-ring (bicyclic) bond motifs is 1. The number of likely N-dealkylation sites (tertiary alicyclic amines) is 1. The van der Waals surface area contributed by atoms with Gasteiger partial charge in [0.25, 0.3) is 0 Å². The summed E-state index contributed by atoms with van der Waals surface area (Å²) in [4.78, 5) is 42.4. The Morgan fingerprint density at radius 3 is 2.61 bits per heavy atom. The lowest BCUT2D eigenvalue weighted by Gasteiger charge is -2.41. The molecule has 7 atom stereocenters. The van der Waals surface area contributed by atoms with Crippen LogP contribution in [0.5, 0.6) is 0 Å². The Bertz CT molecular complexity index is 968. The maximum absolute atomic E-state index is 14.0. The number of aliphatic hydroxyl groups excluding tert-OH is 1. The summed E-state index contributed by atoms with van der Waals surface area (Å²) >= 11 is 8.01. The van der Waals surface area contributed by atoms with Crippen LogP contribution in [0.4, 0.5) is 5.69 Å². The molecule has 3 saturated heterocycles. The minimum Gasteiger partial charge on any atom is -0.394 e. The van der Waals surface area contributed by atoms with E-state index in [1.165, 1.54) is 0 Å². The fraction of sp³-hybridized carbons (Fsp3) is 0.625. The molecule has 7 nitrogen and oxygen atoms in total. The van der Waals surface area contributed by atoms with Crippen molar-refractivity contribution in [2.45, 2.75) is 56.2 Å². The van der Waals surface area contributed by atoms with Gasteiger partial charge in [-0.25, -0.2) is 0 Å². The molecule has 0 saturated carbocycles. The van der Waals surface area contributed by atoms with Gasteiger partial charge in [0.1, 0.15) is 6.04 Å². The smallest absolute Gasteiger partial charge is 0.248 e. The fourth-order valence-corrected chi connectivity index (χ4v) is 8.86. The third kappa shape index (κ3) is 3.48. The molecule has 0 aromatic heterocycles. The summed E-state index contributed by atoms with van der Waals surface area (Å²) in [5.74, 6) is -1.80. The van der Waals surface area contributed by atoms with Crippen LogP contribution in [0.1, 0.15) is 32.8 Å². The molecule has 180 valence electrons. The van der Waals surface area contributed by atoms with Crippen LogP contribution in [0.15, 0.2) is 18.2 Å². The van der Waals surface area contributed by atoms with Crippen LogP contribution in [0.25, 0.3) is 0 Å². The van der Waals surface area contributed by atoms with E-state index in [2.05, 4.69) is 17.6 Å². The first-order valence-corrected chi connectivity index (χ1v) is 12.7. The average molecular weight is 494 g/mol. The van der Waals surface area contributed by atoms with Crippen LogP contribution in [-0.2, 0) is 14.4 Å². The second kappa shape index (κ2) is 8.78. The third-order valence-corrected chi connectivity index (χ3v) is 10.2. The number of nitrogens with one attached hydrogen (secondary N) is 2. The largest absolute Gasteiger partial charge is 0.394 e. The van der Waals surface area contributed by atoms with E-state index in [0.29, 0.717) is 10.7 Å². The van der Waals surface area contributed by atoms with Crippen molar-refractivity contribution in [1.29, 1.82) is 0 Å². The number of rotatable bonds is 6. The molecule has 3 fully saturated rings. The average Bonchev–Trinajstić information content (AvgIpc) is 3.35. The van der Waals surface area contributed by atoms with Crippen molar-refractivity contribution >= 4 is 46.8 Å². The number of hydrogen-bond acceptors (Lipinski definition) is 5. The number of aryl methyl sites for hydroxylation is 1. The van der Waals surface area contributed by atoms with Gasteiger partial charge >= 0.3 is 0 Å². The molecule has 33 heavy (non-hydrogen) atoms. The van der Waals surface area contributed by atoms with E-state index in [1.807, 2.05) is 32.9 Å². The van der Waals surface area contributed by atoms with E-state index in [0.717, 1.165) is 12.0 Å². The first kappa shape index (κ1) is 24.4. The first-order valence-electron chi connectivity index (χ1n) is 11.5. The second-order valence-corrected chi connectivity index (χ2v) is 11.8. The van der Waals surface area contributed by atoms with Gasteiger partial charge in [0.2, 0.25) is 17.7 Å². The SMILES string of the molecule is CNC(=O)[C@@H]1[C@H]2C(=O)N([C@@H](CO)C(C)C)C(C(=O)Nc3c(C)cccc3Cl)C23S[C@@H]1CC3C. The van der Waals surface area contributed by atoms with Crippen molar-refractivity contribution in [2.24, 2.45) is 23.7 Å². The van der Waals surface area contributed by atoms with Crippen LogP contribution in [-0.4, -0.2) is 63.5 Å². The summed E-state index contributed by atoms with van der Waals surface area (Å²) in [7, 11) is 1.58. The summed E-state index contributed by atoms with van der Waals surface area (Å²) in [5.41, 5.74) is 1.34. The Labute approximate surface area is 204 Å². The molecule has 3 amide bonds. The number of thioether (sulfide) groups is 1. The lowest BCUT2D eigenvalue weighted by atomic mass is 9.66. The van der Waals surface area contributed by atoms with Gasteiger partial charge in [0.05, 0.1) is 39.9 Å². The highest BCUT2D eigenvalue weighted by Gasteiger charge is 2.76. The maximum Gasteiger partial charge on any atom is 0.248 e. The predicted molar refractivity (Wildman–Crippen MR) is 130 cm³/mol. The number of amides is 3. The van der Waals surface area contributed by atoms with Gasteiger partial charge in [-0.1, -0.05) is 44.5 Å². The Balaban J connectivity index is 1.83. The highest BCUT2D eigenvalue weighted by Crippen LogP contribution is 2.69. The lowest BCUT2D eigenvalue weighted by Crippen LogP contribution is -2.58. The molecule has 4 rings (SSSR count). The number of halogens is 1. The van der Waals surface area contributed by atoms with Crippen LogP contribution in [0, 0.1) is 30.6 Å². The van der Waals surface area contributed by atoms with Crippen molar-refractivity contribution in [3.05, 3.63) is 28.8 Å². The first-order chi connectivity index (χ1) is 15.6. The van der Waals surface area contributed by atoms with Crippen molar-refractivity contribution in [1.82, 2.24) is 10.2 Å². The molecule has 3 aliphatic rings. The molecule has 3 unspecified atom stereocenters. The molecule has 9 heteroatoms. The van der Waals surface area contributed by atoms with Crippen LogP contribution in [0.2, 0.25) is 5.02 Å². The number of anilines is 1. The van der Waals surface area contributed by atoms with Crippen molar-refractivity contribution in [3.63, 3.8) is 0 Å². The summed E-state index contributed by atoms with van der Waals surface area (Å²) < 4.78 is -0.736. The van der Waals surface area contributed by atoms with Gasteiger partial charge in [-0.3, -0.25) is 14.4 Å². The zero-order valence-electron chi connectivity index (χ0n) is 19.6. The monoisotopic (exact) mass is 493 g/mol. The van der Waals surface area contributed by atoms with Crippen LogP contribution < -0.4 is 10.6 Å². The predicted octanol–water partition coefficient (Wildman–Crippen LogP) is 2.69. The highest BCUT2D eigenvalue weighted by molar-refractivity contribution is 8.02. The number of carbonyl (C=O) groups excluding carboxylic acids is 3. The van der Waals surface area contributed by atoms with E-state index >= 15 is 0 Å². The number of para-hydroxylation sites is 1. The van der Waals surface area contributed by atoms with E-state index < -0.39 is 28.7 Å². The van der Waals surface area contributed by atoms with Crippen molar-refractivity contribution in [3.8, 4) is 0 Å². The van der Waals surface area contributed by atoms with Crippen LogP contribution >= 0.6 is 23.4 Å². The zero-order valence-corrected chi connectivity index (χ0v) is 21.2. The minimum atomic E-state index is -0.815. The second-order valence-electron chi connectivity index (χ2n) is 9.83. The Kier molecular flexibility index (Phi) is 6.48. The molecule has 1 spiro atoms. The van der Waals surface area contributed by atoms with Gasteiger partial charge < -0.3 is 20.6 Å². The number of aliphatic hydroxyl groups is 1. The quantitative estimate of drug-likeness (QED) is 0.566. The fourth-order valence-electron chi connectivity index (χ4n) is 6.18. The molecule has 2 bridgehead atoms. The van der Waals surface area contributed by atoms with Gasteiger partial charge in [-0.2, -0.15) is 0 Å². The topological polar surface area (TPSA) is 98.7 Å². The Morgan fingerprint density at radius 1 is 1.33 bits per heavy atom. The number of hydrogen-bond donors (Lipinski definition) is 3. The van der Waals surface area contributed by atoms with Gasteiger partial charge in [0, 0.05) is 12.3 Å². The maximum atomic E-state index is 14.0. The molecular weight excluding hydrogens is 462 g/mol. The van der Waals surface area contributed by atoms with Gasteiger partial charge in [0.15, 0.2) is 0 Å². The van der Waals surface area contributed by atoms with E-state index in [-0.39, 0.29) is 41.4 Å². The highest BCUT2D eigenvalue weighted by atomic mass is 35.5. The van der Waals surface area contributed by atoms with Gasteiger partial charge in [-0.15, -0.1) is 11.8 Å². The number of nitrogens with zero attached hydrogens (tertiary/aromatic N) is 1.